The molecule has 0 saturated carbocycles. The van der Waals surface area contributed by atoms with Crippen molar-refractivity contribution in [3.05, 3.63) is 28.5 Å². The van der Waals surface area contributed by atoms with E-state index < -0.39 is 18.0 Å². The summed E-state index contributed by atoms with van der Waals surface area (Å²) in [5, 5.41) is 8.17. The molecule has 2 aromatic rings. The molecule has 0 aromatic carbocycles. The Morgan fingerprint density at radius 1 is 1.56 bits per heavy atom. The van der Waals surface area contributed by atoms with Gasteiger partial charge in [-0.15, -0.1) is 11.3 Å². The summed E-state index contributed by atoms with van der Waals surface area (Å²) in [6, 6.07) is 0. The van der Waals surface area contributed by atoms with Crippen LogP contribution in [0.5, 0.6) is 0 Å². The molecule has 1 N–H and O–H groups in total. The summed E-state index contributed by atoms with van der Waals surface area (Å²) in [5.41, 5.74) is 0.0965. The van der Waals surface area contributed by atoms with E-state index in [4.69, 9.17) is 0 Å². The van der Waals surface area contributed by atoms with Crippen molar-refractivity contribution in [2.75, 3.05) is 5.32 Å². The summed E-state index contributed by atoms with van der Waals surface area (Å²) < 4.78 is 26.5. The van der Waals surface area contributed by atoms with Crippen molar-refractivity contribution < 1.29 is 13.6 Å². The zero-order chi connectivity index (χ0) is 13.3. The lowest BCUT2D eigenvalue weighted by Gasteiger charge is -2.01. The number of aromatic nitrogens is 3. The van der Waals surface area contributed by atoms with Crippen LogP contribution in [0.1, 0.15) is 28.2 Å². The van der Waals surface area contributed by atoms with Gasteiger partial charge in [0.25, 0.3) is 12.3 Å². The number of amides is 1. The molecule has 0 aliphatic rings. The molecule has 0 radical (unpaired) electrons. The number of thiazole rings is 1. The molecule has 5 nitrogen and oxygen atoms in total. The highest BCUT2D eigenvalue weighted by molar-refractivity contribution is 7.13. The van der Waals surface area contributed by atoms with E-state index in [2.05, 4.69) is 15.4 Å². The minimum Gasteiger partial charge on any atom is -0.298 e. The normalized spacial score (nSPS) is 10.9. The third-order valence-corrected chi connectivity index (χ3v) is 3.02. The maximum absolute atomic E-state index is 12.7. The molecule has 2 aromatic heterocycles. The lowest BCUT2D eigenvalue weighted by atomic mass is 10.2. The molecule has 0 aliphatic carbocycles. The van der Waals surface area contributed by atoms with E-state index >= 15 is 0 Å². The highest BCUT2D eigenvalue weighted by Crippen LogP contribution is 2.22. The summed E-state index contributed by atoms with van der Waals surface area (Å²) in [6.07, 6.45) is -1.53. The van der Waals surface area contributed by atoms with Crippen molar-refractivity contribution in [1.29, 1.82) is 0 Å². The number of carbonyl (C=O) groups excluding carboxylic acids is 1. The Balaban J connectivity index is 2.23. The standard InChI is InChI=1S/C10H10F2N4OS/c1-5-4-18-10(13-5)14-9(17)6-3-16(2)15-7(6)8(11)12/h3-4,8H,1-2H3,(H,13,14,17). The number of hydrogen-bond acceptors (Lipinski definition) is 4. The first-order chi connectivity index (χ1) is 8.47. The highest BCUT2D eigenvalue weighted by atomic mass is 32.1. The molecule has 0 fully saturated rings. The van der Waals surface area contributed by atoms with Crippen LogP contribution in [0.4, 0.5) is 13.9 Å². The summed E-state index contributed by atoms with van der Waals surface area (Å²) in [7, 11) is 1.48. The molecule has 0 saturated heterocycles. The second-order valence-electron chi connectivity index (χ2n) is 3.65. The van der Waals surface area contributed by atoms with Gasteiger partial charge < -0.3 is 0 Å². The van der Waals surface area contributed by atoms with Gasteiger partial charge in [-0.05, 0) is 6.92 Å². The van der Waals surface area contributed by atoms with Crippen molar-refractivity contribution in [2.24, 2.45) is 7.05 Å². The number of rotatable bonds is 3. The van der Waals surface area contributed by atoms with Crippen molar-refractivity contribution in [3.8, 4) is 0 Å². The van der Waals surface area contributed by atoms with Crippen LogP contribution >= 0.6 is 11.3 Å². The van der Waals surface area contributed by atoms with Crippen molar-refractivity contribution in [3.63, 3.8) is 0 Å². The molecular formula is C10H10F2N4OS. The van der Waals surface area contributed by atoms with E-state index in [9.17, 15) is 13.6 Å². The molecule has 0 bridgehead atoms. The fourth-order valence-electron chi connectivity index (χ4n) is 1.42. The number of alkyl halides is 2. The average molecular weight is 272 g/mol. The number of hydrogen-bond donors (Lipinski definition) is 1. The Hall–Kier alpha value is -1.83. The molecular weight excluding hydrogens is 262 g/mol. The molecule has 1 amide bonds. The van der Waals surface area contributed by atoms with Crippen LogP contribution in [-0.2, 0) is 7.05 Å². The van der Waals surface area contributed by atoms with Gasteiger partial charge in [0.2, 0.25) is 0 Å². The number of halogens is 2. The number of nitrogens with zero attached hydrogens (tertiary/aromatic N) is 3. The number of nitrogens with one attached hydrogen (secondary N) is 1. The number of carbonyl (C=O) groups is 1. The van der Waals surface area contributed by atoms with Gasteiger partial charge in [-0.1, -0.05) is 0 Å². The Kier molecular flexibility index (Phi) is 3.37. The highest BCUT2D eigenvalue weighted by Gasteiger charge is 2.23. The second kappa shape index (κ2) is 4.81. The van der Waals surface area contributed by atoms with Gasteiger partial charge >= 0.3 is 0 Å². The Morgan fingerprint density at radius 2 is 2.28 bits per heavy atom. The number of anilines is 1. The van der Waals surface area contributed by atoms with Crippen LogP contribution in [0.25, 0.3) is 0 Å². The Labute approximate surface area is 105 Å². The summed E-state index contributed by atoms with van der Waals surface area (Å²) in [6.45, 7) is 1.78. The van der Waals surface area contributed by atoms with Gasteiger partial charge in [0, 0.05) is 18.6 Å². The first-order valence-corrected chi connectivity index (χ1v) is 5.90. The zero-order valence-electron chi connectivity index (χ0n) is 9.65. The van der Waals surface area contributed by atoms with Crippen LogP contribution in [0.3, 0.4) is 0 Å². The maximum atomic E-state index is 12.7. The van der Waals surface area contributed by atoms with Gasteiger partial charge in [-0.25, -0.2) is 13.8 Å². The Morgan fingerprint density at radius 3 is 2.83 bits per heavy atom. The van der Waals surface area contributed by atoms with Crippen molar-refractivity contribution in [1.82, 2.24) is 14.8 Å². The molecule has 0 aliphatic heterocycles. The Bertz CT molecular complexity index is 578. The predicted octanol–water partition coefficient (Wildman–Crippen LogP) is 2.37. The zero-order valence-corrected chi connectivity index (χ0v) is 10.5. The summed E-state index contributed by atoms with van der Waals surface area (Å²) in [4.78, 5) is 15.9. The van der Waals surface area contributed by atoms with E-state index in [-0.39, 0.29) is 5.56 Å². The van der Waals surface area contributed by atoms with Gasteiger partial charge in [-0.2, -0.15) is 5.10 Å². The fourth-order valence-corrected chi connectivity index (χ4v) is 2.10. The molecule has 0 spiro atoms. The van der Waals surface area contributed by atoms with E-state index in [1.54, 1.807) is 12.3 Å². The SMILES string of the molecule is Cc1csc(NC(=O)c2cn(C)nc2C(F)F)n1. The topological polar surface area (TPSA) is 59.8 Å². The van der Waals surface area contributed by atoms with Crippen molar-refractivity contribution in [2.45, 2.75) is 13.3 Å². The molecule has 2 heterocycles. The van der Waals surface area contributed by atoms with Crippen LogP contribution in [0, 0.1) is 6.92 Å². The molecule has 0 atom stereocenters. The minimum absolute atomic E-state index is 0.139. The van der Waals surface area contributed by atoms with E-state index in [0.717, 1.165) is 5.69 Å². The third-order valence-electron chi connectivity index (χ3n) is 2.15. The summed E-state index contributed by atoms with van der Waals surface area (Å²) in [5.74, 6) is -0.632. The van der Waals surface area contributed by atoms with Gasteiger partial charge in [0.15, 0.2) is 5.13 Å². The fraction of sp³-hybridized carbons (Fsp3) is 0.300. The predicted molar refractivity (Wildman–Crippen MR) is 63.0 cm³/mol. The van der Waals surface area contributed by atoms with E-state index in [1.807, 2.05) is 0 Å². The largest absolute Gasteiger partial charge is 0.298 e. The van der Waals surface area contributed by atoms with Crippen LogP contribution in [-0.4, -0.2) is 20.7 Å². The van der Waals surface area contributed by atoms with Gasteiger partial charge in [0.05, 0.1) is 11.3 Å². The molecule has 96 valence electrons. The summed E-state index contributed by atoms with van der Waals surface area (Å²) >= 11 is 1.24. The van der Waals surface area contributed by atoms with Gasteiger partial charge in [-0.3, -0.25) is 14.8 Å². The molecule has 2 rings (SSSR count). The van der Waals surface area contributed by atoms with Crippen molar-refractivity contribution >= 4 is 22.4 Å². The minimum atomic E-state index is -2.79. The molecule has 18 heavy (non-hydrogen) atoms. The molecule has 8 heteroatoms. The van der Waals surface area contributed by atoms with Crippen LogP contribution in [0.2, 0.25) is 0 Å². The van der Waals surface area contributed by atoms with Gasteiger partial charge in [0.1, 0.15) is 5.69 Å². The first kappa shape index (κ1) is 12.6. The first-order valence-electron chi connectivity index (χ1n) is 5.02. The van der Waals surface area contributed by atoms with E-state index in [0.29, 0.717) is 5.13 Å². The lowest BCUT2D eigenvalue weighted by molar-refractivity contribution is 0.101. The maximum Gasteiger partial charge on any atom is 0.282 e. The van der Waals surface area contributed by atoms with E-state index in [1.165, 1.54) is 29.3 Å². The lowest BCUT2D eigenvalue weighted by Crippen LogP contribution is -2.13. The third kappa shape index (κ3) is 2.53. The average Bonchev–Trinajstić information content (AvgIpc) is 2.85. The van der Waals surface area contributed by atoms with Crippen LogP contribution < -0.4 is 5.32 Å². The monoisotopic (exact) mass is 272 g/mol. The second-order valence-corrected chi connectivity index (χ2v) is 4.51. The quantitative estimate of drug-likeness (QED) is 0.933. The smallest absolute Gasteiger partial charge is 0.282 e. The van der Waals surface area contributed by atoms with Crippen LogP contribution in [0.15, 0.2) is 11.6 Å². The number of aryl methyl sites for hydroxylation is 2. The molecule has 0 unspecified atom stereocenters.